The van der Waals surface area contributed by atoms with E-state index in [1.54, 1.807) is 0 Å². The van der Waals surface area contributed by atoms with Crippen LogP contribution < -0.4 is 5.32 Å². The Morgan fingerprint density at radius 1 is 1.32 bits per heavy atom. The molecule has 1 N–H and O–H groups in total. The number of hydrogen-bond acceptors (Lipinski definition) is 4. The van der Waals surface area contributed by atoms with Crippen LogP contribution in [0.4, 0.5) is 0 Å². The molecule has 4 heteroatoms. The van der Waals surface area contributed by atoms with Crippen molar-refractivity contribution in [1.82, 2.24) is 10.2 Å². The summed E-state index contributed by atoms with van der Waals surface area (Å²) < 4.78 is 11.3. The molecule has 3 atom stereocenters. The molecule has 2 rings (SSSR count). The highest BCUT2D eigenvalue weighted by Gasteiger charge is 2.27. The van der Waals surface area contributed by atoms with Gasteiger partial charge in [0.1, 0.15) is 0 Å². The molecule has 0 aromatic heterocycles. The first-order valence-electron chi connectivity index (χ1n) is 7.91. The van der Waals surface area contributed by atoms with E-state index in [1.807, 2.05) is 0 Å². The monoisotopic (exact) mass is 270 g/mol. The molecule has 0 amide bonds. The molecule has 4 nitrogen and oxygen atoms in total. The van der Waals surface area contributed by atoms with E-state index in [9.17, 15) is 0 Å². The average Bonchev–Trinajstić information content (AvgIpc) is 3.06. The minimum Gasteiger partial charge on any atom is -0.381 e. The van der Waals surface area contributed by atoms with Crippen LogP contribution in [0.1, 0.15) is 32.6 Å². The predicted molar refractivity (Wildman–Crippen MR) is 77.5 cm³/mol. The quantitative estimate of drug-likeness (QED) is 0.725. The fourth-order valence-electron chi connectivity index (χ4n) is 3.13. The molecule has 0 saturated carbocycles. The lowest BCUT2D eigenvalue weighted by molar-refractivity contribution is 0.0749. The summed E-state index contributed by atoms with van der Waals surface area (Å²) in [6.45, 7) is 8.32. The van der Waals surface area contributed by atoms with Gasteiger partial charge in [0.15, 0.2) is 0 Å². The maximum Gasteiger partial charge on any atom is 0.0702 e. The molecule has 0 aromatic rings. The molecule has 0 spiro atoms. The van der Waals surface area contributed by atoms with Crippen molar-refractivity contribution in [2.45, 2.75) is 44.8 Å². The van der Waals surface area contributed by atoms with E-state index in [0.717, 1.165) is 39.5 Å². The van der Waals surface area contributed by atoms with E-state index in [-0.39, 0.29) is 0 Å². The Balaban J connectivity index is 1.76. The van der Waals surface area contributed by atoms with Crippen molar-refractivity contribution in [2.24, 2.45) is 5.92 Å². The van der Waals surface area contributed by atoms with Crippen molar-refractivity contribution in [3.8, 4) is 0 Å². The summed E-state index contributed by atoms with van der Waals surface area (Å²) in [6, 6.07) is 0.564. The van der Waals surface area contributed by atoms with Crippen molar-refractivity contribution in [3.63, 3.8) is 0 Å². The molecular weight excluding hydrogens is 240 g/mol. The summed E-state index contributed by atoms with van der Waals surface area (Å²) in [6.07, 6.45) is 5.31. The Bertz CT molecular complexity index is 238. The van der Waals surface area contributed by atoms with Gasteiger partial charge in [0.2, 0.25) is 0 Å². The zero-order chi connectivity index (χ0) is 13.5. The first-order chi connectivity index (χ1) is 9.29. The molecule has 0 radical (unpaired) electrons. The summed E-state index contributed by atoms with van der Waals surface area (Å²) in [4.78, 5) is 2.43. The van der Waals surface area contributed by atoms with Gasteiger partial charge >= 0.3 is 0 Å². The Hall–Kier alpha value is -0.160. The SMILES string of the molecule is CCCNC(CN(C)CC1CCCO1)C1CCOC1. The summed E-state index contributed by atoms with van der Waals surface area (Å²) >= 11 is 0. The van der Waals surface area contributed by atoms with Crippen LogP contribution in [0.2, 0.25) is 0 Å². The molecule has 0 aromatic carbocycles. The molecule has 2 aliphatic heterocycles. The molecule has 0 aliphatic carbocycles. The van der Waals surface area contributed by atoms with Crippen LogP contribution in [0, 0.1) is 5.92 Å². The minimum absolute atomic E-state index is 0.455. The third kappa shape index (κ3) is 5.03. The van der Waals surface area contributed by atoms with Gasteiger partial charge in [-0.1, -0.05) is 6.92 Å². The van der Waals surface area contributed by atoms with Gasteiger partial charge in [-0.15, -0.1) is 0 Å². The van der Waals surface area contributed by atoms with Gasteiger partial charge in [-0.3, -0.25) is 0 Å². The third-order valence-corrected chi connectivity index (χ3v) is 4.24. The first kappa shape index (κ1) is 15.2. The van der Waals surface area contributed by atoms with Crippen molar-refractivity contribution in [1.29, 1.82) is 0 Å². The van der Waals surface area contributed by atoms with Gasteiger partial charge < -0.3 is 19.7 Å². The largest absolute Gasteiger partial charge is 0.381 e. The molecule has 2 saturated heterocycles. The molecule has 2 heterocycles. The Kier molecular flexibility index (Phi) is 6.57. The Morgan fingerprint density at radius 3 is 2.84 bits per heavy atom. The molecule has 2 aliphatic rings. The molecule has 0 bridgehead atoms. The second-order valence-corrected chi connectivity index (χ2v) is 6.04. The second kappa shape index (κ2) is 8.20. The highest BCUT2D eigenvalue weighted by molar-refractivity contribution is 4.82. The van der Waals surface area contributed by atoms with Crippen LogP contribution in [0.5, 0.6) is 0 Å². The summed E-state index contributed by atoms with van der Waals surface area (Å²) in [5, 5.41) is 3.70. The maximum atomic E-state index is 5.73. The summed E-state index contributed by atoms with van der Waals surface area (Å²) in [7, 11) is 2.22. The van der Waals surface area contributed by atoms with Gasteiger partial charge in [-0.05, 0) is 39.3 Å². The van der Waals surface area contributed by atoms with Crippen molar-refractivity contribution >= 4 is 0 Å². The summed E-state index contributed by atoms with van der Waals surface area (Å²) in [5.74, 6) is 0.679. The third-order valence-electron chi connectivity index (χ3n) is 4.24. The molecule has 3 unspecified atom stereocenters. The highest BCUT2D eigenvalue weighted by atomic mass is 16.5. The smallest absolute Gasteiger partial charge is 0.0702 e. The van der Waals surface area contributed by atoms with Gasteiger partial charge in [-0.25, -0.2) is 0 Å². The zero-order valence-corrected chi connectivity index (χ0v) is 12.6. The van der Waals surface area contributed by atoms with Crippen LogP contribution in [-0.4, -0.2) is 63.5 Å². The number of nitrogens with zero attached hydrogens (tertiary/aromatic N) is 1. The fourth-order valence-corrected chi connectivity index (χ4v) is 3.13. The van der Waals surface area contributed by atoms with Crippen LogP contribution in [0.25, 0.3) is 0 Å². The van der Waals surface area contributed by atoms with E-state index in [1.165, 1.54) is 25.7 Å². The van der Waals surface area contributed by atoms with Crippen molar-refractivity contribution in [2.75, 3.05) is 46.5 Å². The lowest BCUT2D eigenvalue weighted by Crippen LogP contribution is -2.46. The summed E-state index contributed by atoms with van der Waals surface area (Å²) in [5.41, 5.74) is 0. The minimum atomic E-state index is 0.455. The molecule has 19 heavy (non-hydrogen) atoms. The van der Waals surface area contributed by atoms with E-state index in [2.05, 4.69) is 24.2 Å². The van der Waals surface area contributed by atoms with Crippen LogP contribution in [0.15, 0.2) is 0 Å². The standard InChI is InChI=1S/C15H30N2O2/c1-3-7-16-15(13-6-9-18-12-13)11-17(2)10-14-5-4-8-19-14/h13-16H,3-12H2,1-2H3. The number of hydrogen-bond donors (Lipinski definition) is 1. The normalized spacial score (nSPS) is 29.2. The Morgan fingerprint density at radius 2 is 2.21 bits per heavy atom. The van der Waals surface area contributed by atoms with E-state index in [4.69, 9.17) is 9.47 Å². The first-order valence-corrected chi connectivity index (χ1v) is 7.91. The number of ether oxygens (including phenoxy) is 2. The molecular formula is C15H30N2O2. The van der Waals surface area contributed by atoms with Crippen LogP contribution in [0.3, 0.4) is 0 Å². The van der Waals surface area contributed by atoms with Crippen molar-refractivity contribution < 1.29 is 9.47 Å². The van der Waals surface area contributed by atoms with Crippen LogP contribution >= 0.6 is 0 Å². The average molecular weight is 270 g/mol. The highest BCUT2D eigenvalue weighted by Crippen LogP contribution is 2.18. The predicted octanol–water partition coefficient (Wildman–Crippen LogP) is 1.50. The topological polar surface area (TPSA) is 33.7 Å². The Labute approximate surface area is 117 Å². The lowest BCUT2D eigenvalue weighted by Gasteiger charge is -2.30. The number of rotatable bonds is 8. The maximum absolute atomic E-state index is 5.73. The molecule has 112 valence electrons. The van der Waals surface area contributed by atoms with Gasteiger partial charge in [0, 0.05) is 38.3 Å². The number of nitrogens with one attached hydrogen (secondary N) is 1. The number of likely N-dealkylation sites (N-methyl/N-ethyl adjacent to an activating group) is 1. The van der Waals surface area contributed by atoms with E-state index < -0.39 is 0 Å². The van der Waals surface area contributed by atoms with Crippen LogP contribution in [-0.2, 0) is 9.47 Å². The van der Waals surface area contributed by atoms with Gasteiger partial charge in [0.05, 0.1) is 12.7 Å². The second-order valence-electron chi connectivity index (χ2n) is 6.04. The van der Waals surface area contributed by atoms with Gasteiger partial charge in [-0.2, -0.15) is 0 Å². The van der Waals surface area contributed by atoms with E-state index in [0.29, 0.717) is 18.1 Å². The molecule has 2 fully saturated rings. The fraction of sp³-hybridized carbons (Fsp3) is 1.00. The van der Waals surface area contributed by atoms with Crippen molar-refractivity contribution in [3.05, 3.63) is 0 Å². The van der Waals surface area contributed by atoms with Gasteiger partial charge in [0.25, 0.3) is 0 Å². The lowest BCUT2D eigenvalue weighted by atomic mass is 9.98. The zero-order valence-electron chi connectivity index (χ0n) is 12.6. The van der Waals surface area contributed by atoms with E-state index >= 15 is 0 Å².